The van der Waals surface area contributed by atoms with Gasteiger partial charge in [-0.2, -0.15) is 12.6 Å². The summed E-state index contributed by atoms with van der Waals surface area (Å²) in [4.78, 5) is 0.267. The molecule has 0 unspecified atom stereocenters. The van der Waals surface area contributed by atoms with Gasteiger partial charge < -0.3 is 0 Å². The van der Waals surface area contributed by atoms with E-state index >= 15 is 0 Å². The Balaban J connectivity index is 2.71. The minimum atomic E-state index is -3.47. The molecular weight excluding hydrogens is 223 g/mol. The van der Waals surface area contributed by atoms with E-state index in [0.717, 1.165) is 6.07 Å². The highest BCUT2D eigenvalue weighted by Crippen LogP contribution is 2.33. The Kier molecular flexibility index (Phi) is 2.16. The molecule has 1 aliphatic heterocycles. The second kappa shape index (κ2) is 3.10. The van der Waals surface area contributed by atoms with Crippen LogP contribution >= 0.6 is 12.6 Å². The zero-order valence-corrected chi connectivity index (χ0v) is 8.78. The Morgan fingerprint density at radius 2 is 2.07 bits per heavy atom. The van der Waals surface area contributed by atoms with Gasteiger partial charge in [-0.15, -0.1) is 0 Å². The molecule has 0 aliphatic carbocycles. The molecule has 0 atom stereocenters. The van der Waals surface area contributed by atoms with Gasteiger partial charge in [-0.3, -0.25) is 0 Å². The second-order valence-electron chi connectivity index (χ2n) is 2.95. The van der Waals surface area contributed by atoms with Crippen molar-refractivity contribution in [1.82, 2.24) is 0 Å². The van der Waals surface area contributed by atoms with Gasteiger partial charge in [-0.1, -0.05) is 6.07 Å². The van der Waals surface area contributed by atoms with E-state index in [1.165, 1.54) is 18.2 Å². The van der Waals surface area contributed by atoms with E-state index in [1.54, 1.807) is 0 Å². The number of fused-ring (bicyclic) bond motifs is 1. The van der Waals surface area contributed by atoms with Crippen LogP contribution in [0.3, 0.4) is 0 Å². The van der Waals surface area contributed by atoms with Gasteiger partial charge in [-0.05, 0) is 23.8 Å². The van der Waals surface area contributed by atoms with Crippen LogP contribution in [0.1, 0.15) is 5.56 Å². The van der Waals surface area contributed by atoms with Crippen molar-refractivity contribution in [2.24, 2.45) is 0 Å². The number of sulfone groups is 1. The Morgan fingerprint density at radius 3 is 2.71 bits per heavy atom. The maximum atomic E-state index is 12.8. The van der Waals surface area contributed by atoms with Crippen molar-refractivity contribution in [1.29, 1.82) is 0 Å². The third-order valence-corrected chi connectivity index (χ3v) is 4.52. The number of thiol groups is 1. The van der Waals surface area contributed by atoms with Crippen molar-refractivity contribution in [3.8, 4) is 0 Å². The third kappa shape index (κ3) is 1.27. The van der Waals surface area contributed by atoms with Crippen LogP contribution in [0, 0.1) is 5.82 Å². The Hall–Kier alpha value is -0.810. The molecule has 0 saturated carbocycles. The molecule has 1 heterocycles. The van der Waals surface area contributed by atoms with Crippen LogP contribution in [-0.2, 0) is 9.84 Å². The zero-order valence-electron chi connectivity index (χ0n) is 7.07. The molecule has 74 valence electrons. The minimum Gasteiger partial charge on any atom is -0.219 e. The average Bonchev–Trinajstić information content (AvgIpc) is 2.38. The molecule has 1 aliphatic rings. The lowest BCUT2D eigenvalue weighted by Crippen LogP contribution is -2.01. The summed E-state index contributed by atoms with van der Waals surface area (Å²) in [6, 6.07) is 3.74. The Morgan fingerprint density at radius 1 is 1.36 bits per heavy atom. The lowest BCUT2D eigenvalue weighted by molar-refractivity contribution is 0.597. The molecule has 0 aromatic heterocycles. The predicted molar refractivity (Wildman–Crippen MR) is 55.4 cm³/mol. The van der Waals surface area contributed by atoms with E-state index in [4.69, 9.17) is 0 Å². The number of benzene rings is 1. The molecule has 1 aromatic rings. The smallest absolute Gasteiger partial charge is 0.204 e. The van der Waals surface area contributed by atoms with Crippen LogP contribution in [-0.4, -0.2) is 14.2 Å². The van der Waals surface area contributed by atoms with E-state index in [0.29, 0.717) is 5.56 Å². The fourth-order valence-corrected chi connectivity index (χ4v) is 3.42. The molecule has 0 spiro atoms. The van der Waals surface area contributed by atoms with Gasteiger partial charge in [0.1, 0.15) is 5.82 Å². The minimum absolute atomic E-state index is 0.0431. The largest absolute Gasteiger partial charge is 0.219 e. The van der Waals surface area contributed by atoms with E-state index < -0.39 is 15.7 Å². The number of rotatable bonds is 1. The maximum Gasteiger partial charge on any atom is 0.204 e. The Bertz CT molecular complexity index is 518. The summed E-state index contributed by atoms with van der Waals surface area (Å²) in [7, 11) is -3.47. The SMILES string of the molecule is O=S1(=O)C(CS)=Cc2ccc(F)cc21. The molecule has 0 fully saturated rings. The van der Waals surface area contributed by atoms with Gasteiger partial charge in [0.25, 0.3) is 0 Å². The molecule has 0 bridgehead atoms. The molecule has 2 rings (SSSR count). The van der Waals surface area contributed by atoms with Crippen molar-refractivity contribution < 1.29 is 12.8 Å². The highest BCUT2D eigenvalue weighted by atomic mass is 32.2. The van der Waals surface area contributed by atoms with Crippen LogP contribution in [0.5, 0.6) is 0 Å². The molecule has 1 aromatic carbocycles. The summed E-state index contributed by atoms with van der Waals surface area (Å²) >= 11 is 3.92. The number of halogens is 1. The number of hydrogen-bond acceptors (Lipinski definition) is 3. The molecule has 0 N–H and O–H groups in total. The lowest BCUT2D eigenvalue weighted by atomic mass is 10.2. The summed E-state index contributed by atoms with van der Waals surface area (Å²) in [6.07, 6.45) is 1.52. The van der Waals surface area contributed by atoms with Crippen molar-refractivity contribution in [3.05, 3.63) is 34.5 Å². The highest BCUT2D eigenvalue weighted by molar-refractivity contribution is 7.97. The highest BCUT2D eigenvalue weighted by Gasteiger charge is 2.28. The van der Waals surface area contributed by atoms with Crippen LogP contribution in [0.2, 0.25) is 0 Å². The number of hydrogen-bond donors (Lipinski definition) is 1. The molecule has 0 amide bonds. The summed E-state index contributed by atoms with van der Waals surface area (Å²) in [5, 5.41) is 0. The first-order valence-corrected chi connectivity index (χ1v) is 6.03. The third-order valence-electron chi connectivity index (χ3n) is 2.08. The Labute approximate surface area is 86.8 Å². The topological polar surface area (TPSA) is 34.1 Å². The second-order valence-corrected chi connectivity index (χ2v) is 5.24. The summed E-state index contributed by atoms with van der Waals surface area (Å²) in [6.45, 7) is 0. The predicted octanol–water partition coefficient (Wildman–Crippen LogP) is 1.88. The van der Waals surface area contributed by atoms with Crippen molar-refractivity contribution in [2.45, 2.75) is 4.90 Å². The van der Waals surface area contributed by atoms with Crippen LogP contribution < -0.4 is 0 Å². The maximum absolute atomic E-state index is 12.8. The van der Waals surface area contributed by atoms with Gasteiger partial charge >= 0.3 is 0 Å². The van der Waals surface area contributed by atoms with Gasteiger partial charge in [0.15, 0.2) is 0 Å². The average molecular weight is 230 g/mol. The molecule has 2 nitrogen and oxygen atoms in total. The quantitative estimate of drug-likeness (QED) is 0.747. The van der Waals surface area contributed by atoms with Gasteiger partial charge in [0.2, 0.25) is 9.84 Å². The van der Waals surface area contributed by atoms with Crippen molar-refractivity contribution in [3.63, 3.8) is 0 Å². The molecular formula is C9H7FO2S2. The summed E-state index contributed by atoms with van der Waals surface area (Å²) < 4.78 is 36.2. The first kappa shape index (κ1) is 9.73. The van der Waals surface area contributed by atoms with Gasteiger partial charge in [-0.25, -0.2) is 12.8 Å². The normalized spacial score (nSPS) is 17.7. The lowest BCUT2D eigenvalue weighted by Gasteiger charge is -2.00. The molecule has 0 radical (unpaired) electrons. The van der Waals surface area contributed by atoms with E-state index in [9.17, 15) is 12.8 Å². The van der Waals surface area contributed by atoms with Crippen molar-refractivity contribution >= 4 is 28.5 Å². The fraction of sp³-hybridized carbons (Fsp3) is 0.111. The summed E-state index contributed by atoms with van der Waals surface area (Å²) in [5.74, 6) is -0.403. The van der Waals surface area contributed by atoms with Crippen molar-refractivity contribution in [2.75, 3.05) is 5.75 Å². The van der Waals surface area contributed by atoms with E-state index in [-0.39, 0.29) is 15.6 Å². The fourth-order valence-electron chi connectivity index (χ4n) is 1.38. The van der Waals surface area contributed by atoms with Crippen LogP contribution in [0.25, 0.3) is 6.08 Å². The van der Waals surface area contributed by atoms with Gasteiger partial charge in [0, 0.05) is 5.75 Å². The van der Waals surface area contributed by atoms with Gasteiger partial charge in [0.05, 0.1) is 9.80 Å². The molecule has 14 heavy (non-hydrogen) atoms. The van der Waals surface area contributed by atoms with E-state index in [2.05, 4.69) is 12.6 Å². The first-order valence-electron chi connectivity index (χ1n) is 3.92. The summed E-state index contributed by atoms with van der Waals surface area (Å²) in [5.41, 5.74) is 0.537. The van der Waals surface area contributed by atoms with E-state index in [1.807, 2.05) is 0 Å². The molecule has 0 saturated heterocycles. The molecule has 5 heteroatoms. The first-order chi connectivity index (χ1) is 6.55. The van der Waals surface area contributed by atoms with Crippen LogP contribution in [0.4, 0.5) is 4.39 Å². The standard InChI is InChI=1S/C9H7FO2S2/c10-7-2-1-6-3-8(5-13)14(11,12)9(6)4-7/h1-4,13H,5H2. The van der Waals surface area contributed by atoms with Crippen LogP contribution in [0.15, 0.2) is 28.0 Å². The monoisotopic (exact) mass is 230 g/mol. The zero-order chi connectivity index (χ0) is 10.3.